The predicted octanol–water partition coefficient (Wildman–Crippen LogP) is 3.25. The molecule has 1 spiro atoms. The number of nitrogens with one attached hydrogen (secondary N) is 1. The largest absolute Gasteiger partial charge is 0.494 e. The van der Waals surface area contributed by atoms with E-state index in [1.165, 1.54) is 12.1 Å². The number of carboxylic acid groups (broad SMARTS) is 1. The van der Waals surface area contributed by atoms with Gasteiger partial charge >= 0.3 is 12.0 Å². The lowest BCUT2D eigenvalue weighted by atomic mass is 9.87. The molecule has 1 unspecified atom stereocenters. The van der Waals surface area contributed by atoms with Crippen LogP contribution in [0, 0.1) is 0 Å². The first kappa shape index (κ1) is 25.5. The molecule has 9 heteroatoms. The van der Waals surface area contributed by atoms with E-state index < -0.39 is 12.1 Å². The molecule has 1 atom stereocenters. The molecule has 5 rings (SSSR count). The molecular formula is C28H35N3O6. The second kappa shape index (κ2) is 10.3. The van der Waals surface area contributed by atoms with Crippen LogP contribution in [0.15, 0.2) is 36.4 Å². The molecule has 37 heavy (non-hydrogen) atoms. The summed E-state index contributed by atoms with van der Waals surface area (Å²) in [6.07, 6.45) is 2.90. The Bertz CT molecular complexity index is 1160. The molecule has 4 N–H and O–H groups in total. The highest BCUT2D eigenvalue weighted by Gasteiger charge is 2.45. The van der Waals surface area contributed by atoms with Crippen molar-refractivity contribution >= 4 is 17.7 Å². The second-order valence-corrected chi connectivity index (χ2v) is 10.4. The summed E-state index contributed by atoms with van der Waals surface area (Å²) in [7, 11) is 0. The van der Waals surface area contributed by atoms with Gasteiger partial charge in [0.2, 0.25) is 0 Å². The van der Waals surface area contributed by atoms with Crippen molar-refractivity contribution in [1.82, 2.24) is 10.2 Å². The average Bonchev–Trinajstić information content (AvgIpc) is 3.69. The van der Waals surface area contributed by atoms with Crippen molar-refractivity contribution in [3.8, 4) is 5.75 Å². The van der Waals surface area contributed by atoms with Gasteiger partial charge in [-0.15, -0.1) is 0 Å². The Morgan fingerprint density at radius 2 is 1.89 bits per heavy atom. The van der Waals surface area contributed by atoms with Gasteiger partial charge in [-0.25, -0.2) is 9.59 Å². The second-order valence-electron chi connectivity index (χ2n) is 10.4. The summed E-state index contributed by atoms with van der Waals surface area (Å²) < 4.78 is 5.94. The number of urea groups is 1. The van der Waals surface area contributed by atoms with E-state index in [1.807, 2.05) is 13.0 Å². The van der Waals surface area contributed by atoms with Crippen LogP contribution < -0.4 is 15.0 Å². The van der Waals surface area contributed by atoms with Gasteiger partial charge in [0.25, 0.3) is 0 Å². The smallest absolute Gasteiger partial charge is 0.335 e. The van der Waals surface area contributed by atoms with Crippen LogP contribution in [0.4, 0.5) is 10.5 Å². The monoisotopic (exact) mass is 509 g/mol. The topological polar surface area (TPSA) is 123 Å². The number of benzene rings is 2. The van der Waals surface area contributed by atoms with Gasteiger partial charge in [0, 0.05) is 30.9 Å². The van der Waals surface area contributed by atoms with Crippen LogP contribution in [-0.4, -0.2) is 70.6 Å². The molecule has 1 saturated carbocycles. The Labute approximate surface area is 216 Å². The average molecular weight is 510 g/mol. The summed E-state index contributed by atoms with van der Waals surface area (Å²) in [5.41, 5.74) is 3.54. The van der Waals surface area contributed by atoms with Crippen molar-refractivity contribution in [2.75, 3.05) is 37.7 Å². The van der Waals surface area contributed by atoms with Gasteiger partial charge < -0.3 is 25.4 Å². The van der Waals surface area contributed by atoms with E-state index in [0.717, 1.165) is 67.8 Å². The highest BCUT2D eigenvalue weighted by Crippen LogP contribution is 2.45. The lowest BCUT2D eigenvalue weighted by Gasteiger charge is -2.39. The number of likely N-dealkylation sites (tertiary alicyclic amines) is 1. The van der Waals surface area contributed by atoms with E-state index in [1.54, 1.807) is 17.0 Å². The van der Waals surface area contributed by atoms with Crippen LogP contribution in [-0.2, 0) is 6.54 Å². The van der Waals surface area contributed by atoms with Crippen LogP contribution in [0.25, 0.3) is 0 Å². The Hall–Kier alpha value is -3.14. The van der Waals surface area contributed by atoms with Crippen LogP contribution in [0.3, 0.4) is 0 Å². The van der Waals surface area contributed by atoms with Gasteiger partial charge in [-0.2, -0.15) is 0 Å². The summed E-state index contributed by atoms with van der Waals surface area (Å²) in [5.74, 6) is 0.191. The van der Waals surface area contributed by atoms with Crippen molar-refractivity contribution < 1.29 is 29.6 Å². The number of hydrogen-bond donors (Lipinski definition) is 4. The summed E-state index contributed by atoms with van der Waals surface area (Å²) in [5, 5.41) is 32.3. The van der Waals surface area contributed by atoms with Crippen LogP contribution >= 0.6 is 0 Å². The van der Waals surface area contributed by atoms with E-state index in [0.29, 0.717) is 24.8 Å². The number of aromatic carboxylic acids is 1. The lowest BCUT2D eigenvalue weighted by Crippen LogP contribution is -2.52. The Morgan fingerprint density at radius 3 is 2.49 bits per heavy atom. The van der Waals surface area contributed by atoms with Crippen molar-refractivity contribution in [1.29, 1.82) is 0 Å². The number of anilines is 1. The van der Waals surface area contributed by atoms with E-state index in [2.05, 4.69) is 16.3 Å². The molecule has 2 heterocycles. The third kappa shape index (κ3) is 5.30. The number of carbonyl (C=O) groups is 2. The quantitative estimate of drug-likeness (QED) is 0.409. The molecule has 2 amide bonds. The molecule has 2 saturated heterocycles. The number of amides is 2. The first-order valence-corrected chi connectivity index (χ1v) is 13.1. The number of ether oxygens (including phenoxy) is 1. The molecule has 0 aromatic heterocycles. The third-order valence-corrected chi connectivity index (χ3v) is 7.83. The maximum atomic E-state index is 12.8. The molecule has 0 bridgehead atoms. The zero-order valence-electron chi connectivity index (χ0n) is 21.2. The Kier molecular flexibility index (Phi) is 7.11. The Morgan fingerprint density at radius 1 is 1.19 bits per heavy atom. The highest BCUT2D eigenvalue weighted by molar-refractivity contribution is 5.96. The molecule has 2 aromatic carbocycles. The molecule has 9 nitrogen and oxygen atoms in total. The van der Waals surface area contributed by atoms with Crippen molar-refractivity contribution in [3.63, 3.8) is 0 Å². The first-order chi connectivity index (χ1) is 17.8. The molecule has 3 aliphatic rings. The van der Waals surface area contributed by atoms with E-state index in [-0.39, 0.29) is 23.7 Å². The van der Waals surface area contributed by atoms with Crippen molar-refractivity contribution in [2.45, 2.75) is 56.7 Å². The number of aliphatic hydroxyl groups excluding tert-OH is 2. The number of carboxylic acids is 1. The molecule has 0 radical (unpaired) electrons. The van der Waals surface area contributed by atoms with Gasteiger partial charge in [-0.1, -0.05) is 6.07 Å². The van der Waals surface area contributed by atoms with Gasteiger partial charge in [0.05, 0.1) is 30.9 Å². The normalized spacial score (nSPS) is 20.2. The minimum Gasteiger partial charge on any atom is -0.494 e. The zero-order valence-corrected chi connectivity index (χ0v) is 21.2. The summed E-state index contributed by atoms with van der Waals surface area (Å²) in [6, 6.07) is 10.3. The Balaban J connectivity index is 1.27. The molecular weight excluding hydrogens is 474 g/mol. The van der Waals surface area contributed by atoms with Crippen molar-refractivity contribution in [3.05, 3.63) is 58.7 Å². The highest BCUT2D eigenvalue weighted by atomic mass is 16.5. The molecule has 1 aliphatic carbocycles. The maximum absolute atomic E-state index is 12.8. The molecule has 2 aromatic rings. The van der Waals surface area contributed by atoms with Gasteiger partial charge in [0.1, 0.15) is 11.9 Å². The van der Waals surface area contributed by atoms with Crippen LogP contribution in [0.1, 0.15) is 71.7 Å². The minimum atomic E-state index is -0.989. The van der Waals surface area contributed by atoms with Crippen molar-refractivity contribution in [2.24, 2.45) is 0 Å². The molecule has 3 fully saturated rings. The predicted molar refractivity (Wildman–Crippen MR) is 138 cm³/mol. The van der Waals surface area contributed by atoms with E-state index in [4.69, 9.17) is 9.84 Å². The summed E-state index contributed by atoms with van der Waals surface area (Å²) >= 11 is 0. The fraction of sp³-hybridized carbons (Fsp3) is 0.500. The van der Waals surface area contributed by atoms with Gasteiger partial charge in [-0.05, 0) is 80.0 Å². The molecule has 2 aliphatic heterocycles. The fourth-order valence-corrected chi connectivity index (χ4v) is 5.57. The summed E-state index contributed by atoms with van der Waals surface area (Å²) in [6.45, 7) is 5.04. The van der Waals surface area contributed by atoms with Gasteiger partial charge in [-0.3, -0.25) is 9.80 Å². The number of piperidine rings is 1. The van der Waals surface area contributed by atoms with E-state index in [9.17, 15) is 19.8 Å². The number of rotatable bonds is 9. The lowest BCUT2D eigenvalue weighted by molar-refractivity contribution is 0.0697. The maximum Gasteiger partial charge on any atom is 0.335 e. The number of aliphatic hydroxyl groups is 2. The number of hydrogen-bond acceptors (Lipinski definition) is 6. The van der Waals surface area contributed by atoms with Crippen LogP contribution in [0.5, 0.6) is 5.75 Å². The number of carbonyl (C=O) groups excluding carboxylic acids is 1. The third-order valence-electron chi connectivity index (χ3n) is 7.83. The minimum absolute atomic E-state index is 0.151. The zero-order chi connectivity index (χ0) is 26.2. The summed E-state index contributed by atoms with van der Waals surface area (Å²) in [4.78, 5) is 28.0. The van der Waals surface area contributed by atoms with Gasteiger partial charge in [0.15, 0.2) is 0 Å². The number of nitrogens with zero attached hydrogens (tertiary/aromatic N) is 2. The van der Waals surface area contributed by atoms with E-state index >= 15 is 0 Å². The standard InChI is InChI=1S/C28H35N3O6/c1-2-37-25-14-23(24(33)16-32)22(18-3-4-18)13-20(25)15-30-11-9-28(10-12-30)17-31(27(36)29-28)21-7-5-19(6-8-21)26(34)35/h5-8,13-14,18,24,32-33H,2-4,9-12,15-17H2,1H3,(H,29,36)(H,34,35). The first-order valence-electron chi connectivity index (χ1n) is 13.1. The van der Waals surface area contributed by atoms with Crippen LogP contribution in [0.2, 0.25) is 0 Å². The SMILES string of the molecule is CCOc1cc(C(O)CO)c(C2CC2)cc1CN1CCC2(CC1)CN(c1ccc(C(=O)O)cc1)C(=O)N2. The fourth-order valence-electron chi connectivity index (χ4n) is 5.57. The molecule has 198 valence electrons.